The highest BCUT2D eigenvalue weighted by Crippen LogP contribution is 2.21. The van der Waals surface area contributed by atoms with E-state index < -0.39 is 0 Å². The molecule has 8 nitrogen and oxygen atoms in total. The SMILES string of the molecule is CCn1c(SCC(=O)N2CCOCC2)nnc1[C@@H](C)NC(=O)c1ccc(Cl)cc1. The number of rotatable bonds is 7. The normalized spacial score (nSPS) is 15.2. The van der Waals surface area contributed by atoms with Crippen LogP contribution in [0.2, 0.25) is 5.02 Å². The number of benzene rings is 1. The van der Waals surface area contributed by atoms with E-state index in [1.807, 2.05) is 18.4 Å². The minimum Gasteiger partial charge on any atom is -0.378 e. The molecule has 0 bridgehead atoms. The first-order chi connectivity index (χ1) is 14.0. The monoisotopic (exact) mass is 437 g/mol. The third-order valence-electron chi connectivity index (χ3n) is 4.59. The lowest BCUT2D eigenvalue weighted by Crippen LogP contribution is -2.41. The van der Waals surface area contributed by atoms with E-state index >= 15 is 0 Å². The molecule has 1 aromatic carbocycles. The van der Waals surface area contributed by atoms with Gasteiger partial charge in [0, 0.05) is 30.2 Å². The number of carbonyl (C=O) groups is 2. The van der Waals surface area contributed by atoms with Crippen molar-refractivity contribution in [1.29, 1.82) is 0 Å². The lowest BCUT2D eigenvalue weighted by molar-refractivity contribution is -0.132. The molecule has 1 aliphatic rings. The van der Waals surface area contributed by atoms with Gasteiger partial charge in [-0.25, -0.2) is 0 Å². The first-order valence-electron chi connectivity index (χ1n) is 9.47. The van der Waals surface area contributed by atoms with Gasteiger partial charge < -0.3 is 19.5 Å². The fourth-order valence-electron chi connectivity index (χ4n) is 3.00. The summed E-state index contributed by atoms with van der Waals surface area (Å²) < 4.78 is 7.20. The number of thioether (sulfide) groups is 1. The van der Waals surface area contributed by atoms with Gasteiger partial charge in [0.2, 0.25) is 5.91 Å². The minimum absolute atomic E-state index is 0.0644. The van der Waals surface area contributed by atoms with E-state index in [0.29, 0.717) is 60.2 Å². The van der Waals surface area contributed by atoms with Crippen LogP contribution in [0.4, 0.5) is 0 Å². The lowest BCUT2D eigenvalue weighted by atomic mass is 10.2. The van der Waals surface area contributed by atoms with Crippen LogP contribution in [0.5, 0.6) is 0 Å². The Morgan fingerprint density at radius 3 is 2.59 bits per heavy atom. The number of carbonyl (C=O) groups excluding carboxylic acids is 2. The fourth-order valence-corrected chi connectivity index (χ4v) is 4.04. The van der Waals surface area contributed by atoms with E-state index in [1.165, 1.54) is 11.8 Å². The van der Waals surface area contributed by atoms with Gasteiger partial charge in [-0.2, -0.15) is 0 Å². The fraction of sp³-hybridized carbons (Fsp3) is 0.474. The van der Waals surface area contributed by atoms with Crippen molar-refractivity contribution >= 4 is 35.2 Å². The van der Waals surface area contributed by atoms with Crippen LogP contribution in [0.25, 0.3) is 0 Å². The van der Waals surface area contributed by atoms with E-state index in [4.69, 9.17) is 16.3 Å². The van der Waals surface area contributed by atoms with Crippen molar-refractivity contribution in [1.82, 2.24) is 25.0 Å². The second kappa shape index (κ2) is 10.1. The summed E-state index contributed by atoms with van der Waals surface area (Å²) in [6, 6.07) is 6.36. The molecule has 0 unspecified atom stereocenters. The van der Waals surface area contributed by atoms with Crippen LogP contribution in [0.1, 0.15) is 36.1 Å². The number of aromatic nitrogens is 3. The van der Waals surface area contributed by atoms with E-state index in [9.17, 15) is 9.59 Å². The van der Waals surface area contributed by atoms with Gasteiger partial charge in [-0.3, -0.25) is 9.59 Å². The lowest BCUT2D eigenvalue weighted by Gasteiger charge is -2.26. The summed E-state index contributed by atoms with van der Waals surface area (Å²) in [5.41, 5.74) is 0.523. The van der Waals surface area contributed by atoms with Gasteiger partial charge in [-0.05, 0) is 38.1 Å². The van der Waals surface area contributed by atoms with Crippen LogP contribution in [-0.4, -0.2) is 63.5 Å². The Labute approximate surface area is 178 Å². The number of hydrogen-bond acceptors (Lipinski definition) is 6. The zero-order valence-electron chi connectivity index (χ0n) is 16.4. The van der Waals surface area contributed by atoms with Gasteiger partial charge in [0.05, 0.1) is 25.0 Å². The summed E-state index contributed by atoms with van der Waals surface area (Å²) in [5.74, 6) is 0.797. The summed E-state index contributed by atoms with van der Waals surface area (Å²) >= 11 is 7.23. The molecule has 2 aromatic rings. The number of nitrogens with one attached hydrogen (secondary N) is 1. The topological polar surface area (TPSA) is 89.3 Å². The van der Waals surface area contributed by atoms with Gasteiger partial charge >= 0.3 is 0 Å². The molecule has 0 radical (unpaired) electrons. The molecular weight excluding hydrogens is 414 g/mol. The summed E-state index contributed by atoms with van der Waals surface area (Å²) in [4.78, 5) is 26.6. The predicted octanol–water partition coefficient (Wildman–Crippen LogP) is 2.39. The number of hydrogen-bond donors (Lipinski definition) is 1. The summed E-state index contributed by atoms with van der Waals surface area (Å²) in [6.45, 7) is 6.88. The van der Waals surface area contributed by atoms with Crippen molar-refractivity contribution < 1.29 is 14.3 Å². The molecule has 1 fully saturated rings. The quantitative estimate of drug-likeness (QED) is 0.669. The van der Waals surface area contributed by atoms with Crippen molar-refractivity contribution in [2.75, 3.05) is 32.1 Å². The molecule has 0 saturated carbocycles. The van der Waals surface area contributed by atoms with Gasteiger partial charge in [0.25, 0.3) is 5.91 Å². The highest BCUT2D eigenvalue weighted by Gasteiger charge is 2.22. The van der Waals surface area contributed by atoms with Crippen molar-refractivity contribution in [2.45, 2.75) is 31.6 Å². The van der Waals surface area contributed by atoms with Crippen molar-refractivity contribution in [3.05, 3.63) is 40.7 Å². The van der Waals surface area contributed by atoms with E-state index in [2.05, 4.69) is 15.5 Å². The van der Waals surface area contributed by atoms with Crippen LogP contribution in [0, 0.1) is 0 Å². The molecular formula is C19H24ClN5O3S. The van der Waals surface area contributed by atoms with E-state index in [1.54, 1.807) is 29.2 Å². The number of halogens is 1. The first-order valence-corrected chi connectivity index (χ1v) is 10.8. The summed E-state index contributed by atoms with van der Waals surface area (Å²) in [6.07, 6.45) is 0. The van der Waals surface area contributed by atoms with Crippen LogP contribution in [-0.2, 0) is 16.1 Å². The Hall–Kier alpha value is -2.10. The summed E-state index contributed by atoms with van der Waals surface area (Å²) in [5, 5.41) is 12.7. The van der Waals surface area contributed by atoms with Gasteiger partial charge in [-0.15, -0.1) is 10.2 Å². The Morgan fingerprint density at radius 1 is 1.24 bits per heavy atom. The third kappa shape index (κ3) is 5.49. The highest BCUT2D eigenvalue weighted by atomic mass is 35.5. The largest absolute Gasteiger partial charge is 0.378 e. The third-order valence-corrected chi connectivity index (χ3v) is 5.80. The molecule has 0 aliphatic carbocycles. The average Bonchev–Trinajstić information content (AvgIpc) is 3.16. The smallest absolute Gasteiger partial charge is 0.251 e. The van der Waals surface area contributed by atoms with Crippen LogP contribution in [0.3, 0.4) is 0 Å². The minimum atomic E-state index is -0.338. The molecule has 1 atom stereocenters. The maximum absolute atomic E-state index is 12.5. The molecule has 1 saturated heterocycles. The number of nitrogens with zero attached hydrogens (tertiary/aromatic N) is 4. The second-order valence-corrected chi connectivity index (χ2v) is 7.95. The zero-order valence-corrected chi connectivity index (χ0v) is 18.0. The van der Waals surface area contributed by atoms with Crippen LogP contribution >= 0.6 is 23.4 Å². The van der Waals surface area contributed by atoms with Gasteiger partial charge in [0.15, 0.2) is 11.0 Å². The number of ether oxygens (including phenoxy) is 1. The van der Waals surface area contributed by atoms with E-state index in [-0.39, 0.29) is 17.9 Å². The zero-order chi connectivity index (χ0) is 20.8. The molecule has 0 spiro atoms. The van der Waals surface area contributed by atoms with Crippen molar-refractivity contribution in [3.63, 3.8) is 0 Å². The number of morpholine rings is 1. The van der Waals surface area contributed by atoms with Gasteiger partial charge in [-0.1, -0.05) is 23.4 Å². The molecule has 2 amide bonds. The van der Waals surface area contributed by atoms with Crippen LogP contribution < -0.4 is 5.32 Å². The Morgan fingerprint density at radius 2 is 1.93 bits per heavy atom. The average molecular weight is 438 g/mol. The molecule has 3 rings (SSSR count). The van der Waals surface area contributed by atoms with Crippen molar-refractivity contribution in [3.8, 4) is 0 Å². The highest BCUT2D eigenvalue weighted by molar-refractivity contribution is 7.99. The molecule has 1 N–H and O–H groups in total. The Balaban J connectivity index is 1.62. The standard InChI is InChI=1S/C19H24ClN5O3S/c1-3-25-17(13(2)21-18(27)14-4-6-15(20)7-5-14)22-23-19(25)29-12-16(26)24-8-10-28-11-9-24/h4-7,13H,3,8-12H2,1-2H3,(H,21,27)/t13-/m1/s1. The van der Waals surface area contributed by atoms with E-state index in [0.717, 1.165) is 0 Å². The molecule has 29 heavy (non-hydrogen) atoms. The van der Waals surface area contributed by atoms with Gasteiger partial charge in [0.1, 0.15) is 0 Å². The second-order valence-electron chi connectivity index (χ2n) is 6.57. The maximum atomic E-state index is 12.5. The van der Waals surface area contributed by atoms with Crippen LogP contribution in [0.15, 0.2) is 29.4 Å². The Kier molecular flexibility index (Phi) is 7.51. The summed E-state index contributed by atoms with van der Waals surface area (Å²) in [7, 11) is 0. The molecule has 2 heterocycles. The molecule has 156 valence electrons. The predicted molar refractivity (Wildman–Crippen MR) is 111 cm³/mol. The van der Waals surface area contributed by atoms with Crippen molar-refractivity contribution in [2.24, 2.45) is 0 Å². The molecule has 1 aromatic heterocycles. The Bertz CT molecular complexity index is 852. The number of amides is 2. The first kappa shape index (κ1) is 21.6. The maximum Gasteiger partial charge on any atom is 0.251 e. The molecule has 1 aliphatic heterocycles. The molecule has 10 heteroatoms.